The maximum atomic E-state index is 12.4. The molecule has 2 aromatic heterocycles. The number of thiophene rings is 1. The Morgan fingerprint density at radius 1 is 1.32 bits per heavy atom. The highest BCUT2D eigenvalue weighted by molar-refractivity contribution is 7.91. The van der Waals surface area contributed by atoms with Gasteiger partial charge >= 0.3 is 0 Å². The fourth-order valence-corrected chi connectivity index (χ4v) is 4.34. The van der Waals surface area contributed by atoms with Crippen molar-refractivity contribution in [2.75, 3.05) is 7.05 Å². The highest BCUT2D eigenvalue weighted by Crippen LogP contribution is 2.25. The van der Waals surface area contributed by atoms with Crippen molar-refractivity contribution < 1.29 is 8.42 Å². The SMILES string of the molecule is CCc1ccc(S(=O)(=O)N(C)Cc2cccnc2)s1. The molecule has 0 N–H and O–H groups in total. The van der Waals surface area contributed by atoms with E-state index >= 15 is 0 Å². The first-order valence-electron chi connectivity index (χ1n) is 5.98. The van der Waals surface area contributed by atoms with Gasteiger partial charge in [0.2, 0.25) is 0 Å². The summed E-state index contributed by atoms with van der Waals surface area (Å²) < 4.78 is 26.5. The van der Waals surface area contributed by atoms with Gasteiger partial charge in [0.25, 0.3) is 10.0 Å². The summed E-state index contributed by atoms with van der Waals surface area (Å²) in [5.41, 5.74) is 0.876. The summed E-state index contributed by atoms with van der Waals surface area (Å²) in [4.78, 5) is 5.07. The summed E-state index contributed by atoms with van der Waals surface area (Å²) in [6, 6.07) is 7.22. The molecule has 6 heteroatoms. The van der Waals surface area contributed by atoms with E-state index in [1.54, 1.807) is 31.6 Å². The molecule has 0 aromatic carbocycles. The van der Waals surface area contributed by atoms with Crippen LogP contribution in [0.1, 0.15) is 17.4 Å². The minimum Gasteiger partial charge on any atom is -0.264 e. The second-order valence-electron chi connectivity index (χ2n) is 4.20. The van der Waals surface area contributed by atoms with Crippen molar-refractivity contribution in [3.8, 4) is 0 Å². The van der Waals surface area contributed by atoms with E-state index in [1.165, 1.54) is 15.6 Å². The molecule has 2 heterocycles. The standard InChI is InChI=1S/C13H16N2O2S2/c1-3-12-6-7-13(18-12)19(16,17)15(2)10-11-5-4-8-14-9-11/h4-9H,3,10H2,1-2H3. The predicted molar refractivity (Wildman–Crippen MR) is 76.6 cm³/mol. The third-order valence-electron chi connectivity index (χ3n) is 2.78. The molecule has 2 aromatic rings. The Hall–Kier alpha value is -1.24. The maximum Gasteiger partial charge on any atom is 0.252 e. The third-order valence-corrected chi connectivity index (χ3v) is 6.28. The smallest absolute Gasteiger partial charge is 0.252 e. The number of rotatable bonds is 5. The quantitative estimate of drug-likeness (QED) is 0.852. The minimum absolute atomic E-state index is 0.329. The maximum absolute atomic E-state index is 12.4. The van der Waals surface area contributed by atoms with E-state index in [4.69, 9.17) is 0 Å². The van der Waals surface area contributed by atoms with Gasteiger partial charge in [-0.05, 0) is 30.2 Å². The topological polar surface area (TPSA) is 50.3 Å². The zero-order valence-electron chi connectivity index (χ0n) is 10.9. The molecule has 0 aliphatic heterocycles. The molecule has 19 heavy (non-hydrogen) atoms. The molecule has 0 radical (unpaired) electrons. The van der Waals surface area contributed by atoms with Crippen molar-refractivity contribution in [3.05, 3.63) is 47.1 Å². The van der Waals surface area contributed by atoms with Crippen molar-refractivity contribution in [2.24, 2.45) is 0 Å². The first-order chi connectivity index (χ1) is 9.04. The van der Waals surface area contributed by atoms with Gasteiger partial charge in [-0.25, -0.2) is 8.42 Å². The monoisotopic (exact) mass is 296 g/mol. The lowest BCUT2D eigenvalue weighted by Gasteiger charge is -2.15. The molecule has 0 saturated carbocycles. The van der Waals surface area contributed by atoms with Crippen LogP contribution in [-0.4, -0.2) is 24.8 Å². The van der Waals surface area contributed by atoms with Crippen LogP contribution in [0.3, 0.4) is 0 Å². The van der Waals surface area contributed by atoms with Crippen LogP contribution in [0, 0.1) is 0 Å². The van der Waals surface area contributed by atoms with Gasteiger partial charge in [0.1, 0.15) is 4.21 Å². The third kappa shape index (κ3) is 3.20. The van der Waals surface area contributed by atoms with E-state index in [1.807, 2.05) is 19.1 Å². The Morgan fingerprint density at radius 2 is 2.11 bits per heavy atom. The lowest BCUT2D eigenvalue weighted by Crippen LogP contribution is -2.25. The van der Waals surface area contributed by atoms with Crippen molar-refractivity contribution >= 4 is 21.4 Å². The van der Waals surface area contributed by atoms with Gasteiger partial charge in [0.15, 0.2) is 0 Å². The Morgan fingerprint density at radius 3 is 2.68 bits per heavy atom. The van der Waals surface area contributed by atoms with Crippen molar-refractivity contribution in [1.29, 1.82) is 0 Å². The predicted octanol–water partition coefficient (Wildman–Crippen LogP) is 2.53. The summed E-state index contributed by atoms with van der Waals surface area (Å²) in [6.45, 7) is 2.34. The highest BCUT2D eigenvalue weighted by atomic mass is 32.2. The number of aryl methyl sites for hydroxylation is 1. The van der Waals surface area contributed by atoms with E-state index < -0.39 is 10.0 Å². The molecule has 0 atom stereocenters. The molecule has 0 amide bonds. The second kappa shape index (κ2) is 5.81. The number of hydrogen-bond acceptors (Lipinski definition) is 4. The highest BCUT2D eigenvalue weighted by Gasteiger charge is 2.22. The number of hydrogen-bond donors (Lipinski definition) is 0. The van der Waals surface area contributed by atoms with E-state index in [-0.39, 0.29) is 0 Å². The normalized spacial score (nSPS) is 11.9. The van der Waals surface area contributed by atoms with Crippen LogP contribution in [0.2, 0.25) is 0 Å². The van der Waals surface area contributed by atoms with Crippen molar-refractivity contribution in [2.45, 2.75) is 24.1 Å². The summed E-state index contributed by atoms with van der Waals surface area (Å²) in [6.07, 6.45) is 4.20. The molecule has 0 fully saturated rings. The summed E-state index contributed by atoms with van der Waals surface area (Å²) >= 11 is 1.33. The first kappa shape index (κ1) is 14.2. The lowest BCUT2D eigenvalue weighted by molar-refractivity contribution is 0.468. The van der Waals surface area contributed by atoms with Crippen LogP contribution in [0.4, 0.5) is 0 Å². The first-order valence-corrected chi connectivity index (χ1v) is 8.23. The van der Waals surface area contributed by atoms with Crippen molar-refractivity contribution in [3.63, 3.8) is 0 Å². The molecular formula is C13H16N2O2S2. The van der Waals surface area contributed by atoms with Crippen LogP contribution in [0.15, 0.2) is 40.9 Å². The average Bonchev–Trinajstić information content (AvgIpc) is 2.89. The van der Waals surface area contributed by atoms with Gasteiger partial charge in [-0.3, -0.25) is 4.98 Å². The molecule has 4 nitrogen and oxygen atoms in total. The van der Waals surface area contributed by atoms with Gasteiger partial charge in [-0.2, -0.15) is 4.31 Å². The molecule has 0 spiro atoms. The van der Waals surface area contributed by atoms with Gasteiger partial charge in [0.05, 0.1) is 0 Å². The zero-order chi connectivity index (χ0) is 13.9. The summed E-state index contributed by atoms with van der Waals surface area (Å²) in [5.74, 6) is 0. The number of pyridine rings is 1. The summed E-state index contributed by atoms with van der Waals surface area (Å²) in [5, 5.41) is 0. The Bertz CT molecular complexity index is 636. The van der Waals surface area contributed by atoms with Crippen LogP contribution < -0.4 is 0 Å². The van der Waals surface area contributed by atoms with Gasteiger partial charge in [-0.15, -0.1) is 11.3 Å². The lowest BCUT2D eigenvalue weighted by atomic mass is 10.3. The van der Waals surface area contributed by atoms with E-state index in [2.05, 4.69) is 4.98 Å². The van der Waals surface area contributed by atoms with Crippen LogP contribution >= 0.6 is 11.3 Å². The Labute approximate surface area is 117 Å². The molecule has 0 bridgehead atoms. The fraction of sp³-hybridized carbons (Fsp3) is 0.308. The molecule has 0 aliphatic rings. The minimum atomic E-state index is -3.40. The molecular weight excluding hydrogens is 280 g/mol. The fourth-order valence-electron chi connectivity index (χ4n) is 1.67. The Balaban J connectivity index is 2.19. The largest absolute Gasteiger partial charge is 0.264 e. The van der Waals surface area contributed by atoms with Crippen molar-refractivity contribution in [1.82, 2.24) is 9.29 Å². The number of aromatic nitrogens is 1. The van der Waals surface area contributed by atoms with Crippen LogP contribution in [0.5, 0.6) is 0 Å². The number of sulfonamides is 1. The van der Waals surface area contributed by atoms with E-state index in [9.17, 15) is 8.42 Å². The molecule has 102 valence electrons. The van der Waals surface area contributed by atoms with Gasteiger partial charge in [-0.1, -0.05) is 13.0 Å². The molecule has 0 unspecified atom stereocenters. The van der Waals surface area contributed by atoms with E-state index in [0.717, 1.165) is 16.9 Å². The molecule has 2 rings (SSSR count). The zero-order valence-corrected chi connectivity index (χ0v) is 12.5. The van der Waals surface area contributed by atoms with Gasteiger partial charge < -0.3 is 0 Å². The number of nitrogens with zero attached hydrogens (tertiary/aromatic N) is 2. The average molecular weight is 296 g/mol. The molecule has 0 aliphatic carbocycles. The molecule has 0 saturated heterocycles. The van der Waals surface area contributed by atoms with Crippen LogP contribution in [0.25, 0.3) is 0 Å². The Kier molecular flexibility index (Phi) is 4.34. The summed E-state index contributed by atoms with van der Waals surface area (Å²) in [7, 11) is -1.81. The van der Waals surface area contributed by atoms with E-state index in [0.29, 0.717) is 10.8 Å². The second-order valence-corrected chi connectivity index (χ2v) is 7.64. The van der Waals surface area contributed by atoms with Crippen LogP contribution in [-0.2, 0) is 23.0 Å². The van der Waals surface area contributed by atoms with Gasteiger partial charge in [0, 0.05) is 30.9 Å².